The zero-order chi connectivity index (χ0) is 21.8. The minimum absolute atomic E-state index is 0.0543. The average Bonchev–Trinajstić information content (AvgIpc) is 2.76. The van der Waals surface area contributed by atoms with E-state index in [0.29, 0.717) is 18.1 Å². The van der Waals surface area contributed by atoms with Crippen LogP contribution in [0.1, 0.15) is 16.7 Å². The van der Waals surface area contributed by atoms with Gasteiger partial charge in [0.25, 0.3) is 0 Å². The number of hydrogen-bond acceptors (Lipinski definition) is 4. The monoisotopic (exact) mass is 457 g/mol. The molecule has 4 rings (SSSR count). The Hall–Kier alpha value is -2.38. The first-order valence-corrected chi connectivity index (χ1v) is 11.8. The van der Waals surface area contributed by atoms with E-state index < -0.39 is 10.0 Å². The Kier molecular flexibility index (Phi) is 6.62. The van der Waals surface area contributed by atoms with E-state index in [0.717, 1.165) is 16.7 Å². The normalized spacial score (nSPS) is 17.4. The Balaban J connectivity index is 1.81. The molecule has 0 saturated carbocycles. The van der Waals surface area contributed by atoms with Crippen LogP contribution in [0.2, 0.25) is 5.02 Å². The number of nitrogens with zero attached hydrogens (tertiary/aromatic N) is 1. The molecule has 0 spiro atoms. The van der Waals surface area contributed by atoms with Crippen molar-refractivity contribution >= 4 is 21.6 Å². The summed E-state index contributed by atoms with van der Waals surface area (Å²) in [4.78, 5) is 0.0543. The number of sulfonamides is 1. The summed E-state index contributed by atoms with van der Waals surface area (Å²) in [5, 5.41) is 0.336. The summed E-state index contributed by atoms with van der Waals surface area (Å²) < 4.78 is 40.7. The van der Waals surface area contributed by atoms with Gasteiger partial charge in [0.05, 0.1) is 26.4 Å². The lowest BCUT2D eigenvalue weighted by Crippen LogP contribution is -2.45. The second-order valence-corrected chi connectivity index (χ2v) is 9.77. The standard InChI is InChI=1S/C24H24ClNO4S/c1-29-23-12-11-21(25)14-24(23)31(27,28)26-15-19-9-5-6-10-20(19)16-30-17-22(26)13-18-7-3-2-4-8-18/h2-12,14,22H,13,15-17H2,1H3. The fraction of sp³-hybridized carbons (Fsp3) is 0.250. The van der Waals surface area contributed by atoms with Gasteiger partial charge in [-0.2, -0.15) is 4.31 Å². The fourth-order valence-corrected chi connectivity index (χ4v) is 5.85. The third-order valence-corrected chi connectivity index (χ3v) is 7.60. The van der Waals surface area contributed by atoms with Crippen LogP contribution in [0.3, 0.4) is 0 Å². The lowest BCUT2D eigenvalue weighted by Gasteiger charge is -2.34. The molecule has 1 unspecified atom stereocenters. The van der Waals surface area contributed by atoms with Gasteiger partial charge in [-0.25, -0.2) is 8.42 Å². The van der Waals surface area contributed by atoms with Gasteiger partial charge in [-0.3, -0.25) is 0 Å². The number of methoxy groups -OCH3 is 1. The van der Waals surface area contributed by atoms with Gasteiger partial charge in [0, 0.05) is 11.6 Å². The van der Waals surface area contributed by atoms with Gasteiger partial charge in [-0.05, 0) is 41.3 Å². The van der Waals surface area contributed by atoms with E-state index in [1.165, 1.54) is 17.5 Å². The molecule has 5 nitrogen and oxygen atoms in total. The first-order valence-electron chi connectivity index (χ1n) is 10.0. The number of halogens is 1. The molecule has 162 valence electrons. The van der Waals surface area contributed by atoms with Crippen LogP contribution in [-0.2, 0) is 34.3 Å². The van der Waals surface area contributed by atoms with Crippen molar-refractivity contribution in [2.75, 3.05) is 13.7 Å². The summed E-state index contributed by atoms with van der Waals surface area (Å²) in [5.41, 5.74) is 2.95. The van der Waals surface area contributed by atoms with E-state index in [9.17, 15) is 8.42 Å². The Morgan fingerprint density at radius 1 is 1.03 bits per heavy atom. The quantitative estimate of drug-likeness (QED) is 0.558. The van der Waals surface area contributed by atoms with Gasteiger partial charge in [0.1, 0.15) is 10.6 Å². The van der Waals surface area contributed by atoms with E-state index in [1.807, 2.05) is 54.6 Å². The molecule has 3 aromatic carbocycles. The van der Waals surface area contributed by atoms with Crippen molar-refractivity contribution in [3.8, 4) is 5.75 Å². The van der Waals surface area contributed by atoms with Crippen LogP contribution in [0.4, 0.5) is 0 Å². The largest absolute Gasteiger partial charge is 0.495 e. The van der Waals surface area contributed by atoms with E-state index >= 15 is 0 Å². The maximum Gasteiger partial charge on any atom is 0.247 e. The van der Waals surface area contributed by atoms with Gasteiger partial charge in [-0.15, -0.1) is 0 Å². The summed E-state index contributed by atoms with van der Waals surface area (Å²) in [7, 11) is -2.48. The lowest BCUT2D eigenvalue weighted by molar-refractivity contribution is 0.0673. The predicted molar refractivity (Wildman–Crippen MR) is 121 cm³/mol. The highest BCUT2D eigenvalue weighted by Gasteiger charge is 2.35. The molecule has 31 heavy (non-hydrogen) atoms. The van der Waals surface area contributed by atoms with Crippen molar-refractivity contribution < 1.29 is 17.9 Å². The highest BCUT2D eigenvalue weighted by Crippen LogP contribution is 2.33. The van der Waals surface area contributed by atoms with Crippen molar-refractivity contribution in [3.63, 3.8) is 0 Å². The molecule has 0 aliphatic carbocycles. The van der Waals surface area contributed by atoms with Crippen molar-refractivity contribution in [1.82, 2.24) is 4.31 Å². The summed E-state index contributed by atoms with van der Waals surface area (Å²) in [5.74, 6) is 0.263. The third kappa shape index (κ3) is 4.77. The van der Waals surface area contributed by atoms with Gasteiger partial charge in [0.15, 0.2) is 0 Å². The Morgan fingerprint density at radius 3 is 2.48 bits per heavy atom. The Bertz CT molecular complexity index is 1150. The zero-order valence-corrected chi connectivity index (χ0v) is 18.8. The lowest BCUT2D eigenvalue weighted by atomic mass is 10.0. The third-order valence-electron chi connectivity index (χ3n) is 5.45. The number of hydrogen-bond donors (Lipinski definition) is 0. The SMILES string of the molecule is COc1ccc(Cl)cc1S(=O)(=O)N1Cc2ccccc2COCC1Cc1ccccc1. The molecule has 1 aliphatic heterocycles. The predicted octanol–water partition coefficient (Wildman–Crippen LogP) is 4.68. The number of benzene rings is 3. The van der Waals surface area contributed by atoms with Crippen LogP contribution in [0.5, 0.6) is 5.75 Å². The molecule has 0 fully saturated rings. The van der Waals surface area contributed by atoms with E-state index in [1.54, 1.807) is 12.1 Å². The molecular weight excluding hydrogens is 434 g/mol. The molecule has 0 amide bonds. The van der Waals surface area contributed by atoms with Crippen LogP contribution in [0, 0.1) is 0 Å². The van der Waals surface area contributed by atoms with Gasteiger partial charge in [-0.1, -0.05) is 66.2 Å². The summed E-state index contributed by atoms with van der Waals surface area (Å²) in [6.45, 7) is 0.982. The molecular formula is C24H24ClNO4S. The van der Waals surface area contributed by atoms with Crippen molar-refractivity contribution in [3.05, 3.63) is 94.5 Å². The summed E-state index contributed by atoms with van der Waals surface area (Å²) in [6, 6.07) is 21.9. The number of fused-ring (bicyclic) bond motifs is 1. The molecule has 7 heteroatoms. The zero-order valence-electron chi connectivity index (χ0n) is 17.2. The second-order valence-electron chi connectivity index (χ2n) is 7.47. The number of rotatable bonds is 5. The highest BCUT2D eigenvalue weighted by atomic mass is 35.5. The van der Waals surface area contributed by atoms with Gasteiger partial charge < -0.3 is 9.47 Å². The molecule has 0 N–H and O–H groups in total. The maximum absolute atomic E-state index is 13.9. The number of ether oxygens (including phenoxy) is 2. The summed E-state index contributed by atoms with van der Waals surface area (Å²) in [6.07, 6.45) is 0.533. The first kappa shape index (κ1) is 21.8. The minimum Gasteiger partial charge on any atom is -0.495 e. The smallest absolute Gasteiger partial charge is 0.247 e. The summed E-state index contributed by atoms with van der Waals surface area (Å²) >= 11 is 6.16. The molecule has 0 radical (unpaired) electrons. The topological polar surface area (TPSA) is 55.8 Å². The first-order chi connectivity index (χ1) is 15.0. The molecule has 1 atom stereocenters. The Morgan fingerprint density at radius 2 is 1.74 bits per heavy atom. The molecule has 0 bridgehead atoms. The van der Waals surface area contributed by atoms with Gasteiger partial charge in [0.2, 0.25) is 10.0 Å². The van der Waals surface area contributed by atoms with Crippen LogP contribution in [0.25, 0.3) is 0 Å². The minimum atomic E-state index is -3.93. The van der Waals surface area contributed by atoms with Gasteiger partial charge >= 0.3 is 0 Å². The molecule has 1 aliphatic rings. The second kappa shape index (κ2) is 9.40. The van der Waals surface area contributed by atoms with Crippen LogP contribution in [0.15, 0.2) is 77.7 Å². The molecule has 1 heterocycles. The molecule has 0 saturated heterocycles. The molecule has 3 aromatic rings. The average molecular weight is 458 g/mol. The fourth-order valence-electron chi connectivity index (χ4n) is 3.84. The van der Waals surface area contributed by atoms with Crippen molar-refractivity contribution in [2.24, 2.45) is 0 Å². The Labute approximate surface area is 188 Å². The van der Waals surface area contributed by atoms with Crippen molar-refractivity contribution in [2.45, 2.75) is 30.5 Å². The molecule has 0 aromatic heterocycles. The van der Waals surface area contributed by atoms with Crippen LogP contribution < -0.4 is 4.74 Å². The van der Waals surface area contributed by atoms with Crippen LogP contribution >= 0.6 is 11.6 Å². The van der Waals surface area contributed by atoms with Crippen molar-refractivity contribution in [1.29, 1.82) is 0 Å². The van der Waals surface area contributed by atoms with E-state index in [2.05, 4.69) is 0 Å². The van der Waals surface area contributed by atoms with E-state index in [4.69, 9.17) is 21.1 Å². The highest BCUT2D eigenvalue weighted by molar-refractivity contribution is 7.89. The maximum atomic E-state index is 13.9. The van der Waals surface area contributed by atoms with E-state index in [-0.39, 0.29) is 29.8 Å². The van der Waals surface area contributed by atoms with Crippen LogP contribution in [-0.4, -0.2) is 32.5 Å².